The Labute approximate surface area is 131 Å². The first-order valence-electron chi connectivity index (χ1n) is 7.57. The summed E-state index contributed by atoms with van der Waals surface area (Å²) in [5.74, 6) is 0. The van der Waals surface area contributed by atoms with Crippen LogP contribution < -0.4 is 0 Å². The summed E-state index contributed by atoms with van der Waals surface area (Å²) in [7, 11) is 0. The minimum atomic E-state index is 1.13. The summed E-state index contributed by atoms with van der Waals surface area (Å²) in [6.45, 7) is 14.3. The normalized spacial score (nSPS) is 14.0. The quantitative estimate of drug-likeness (QED) is 0.336. The highest BCUT2D eigenvalue weighted by molar-refractivity contribution is 5.29. The Balaban J connectivity index is 4.36. The molecule has 0 aliphatic rings. The Morgan fingerprint density at radius 2 is 1.38 bits per heavy atom. The van der Waals surface area contributed by atoms with Crippen molar-refractivity contribution >= 4 is 0 Å². The molecule has 0 aliphatic heterocycles. The summed E-state index contributed by atoms with van der Waals surface area (Å²) in [5.41, 5.74) is 5.25. The van der Waals surface area contributed by atoms with E-state index in [1.165, 1.54) is 22.3 Å². The standard InChI is InChI=1S/C21H30/c1-7-11-19(4)14-9-15-21(6)17-10-16-20(5)13-8-12-18(2)3/h7,9-12,14-17H,1,8,13H2,2-6H3/b14-9+,17-10+,19-11+,20-16+,21-15+. The first-order chi connectivity index (χ1) is 9.95. The second kappa shape index (κ2) is 12.0. The average Bonchev–Trinajstić information content (AvgIpc) is 2.38. The molecule has 0 amide bonds. The van der Waals surface area contributed by atoms with E-state index >= 15 is 0 Å². The molecule has 114 valence electrons. The Morgan fingerprint density at radius 3 is 1.95 bits per heavy atom. The second-order valence-corrected chi connectivity index (χ2v) is 5.61. The summed E-state index contributed by atoms with van der Waals surface area (Å²) >= 11 is 0. The van der Waals surface area contributed by atoms with Crippen molar-refractivity contribution < 1.29 is 0 Å². The number of hydrogen-bond donors (Lipinski definition) is 0. The van der Waals surface area contributed by atoms with Crippen LogP contribution in [0.3, 0.4) is 0 Å². The maximum atomic E-state index is 3.68. The molecule has 0 unspecified atom stereocenters. The molecule has 0 atom stereocenters. The molecule has 21 heavy (non-hydrogen) atoms. The molecule has 0 saturated heterocycles. The highest BCUT2D eigenvalue weighted by atomic mass is 13.9. The third-order valence-electron chi connectivity index (χ3n) is 2.93. The van der Waals surface area contributed by atoms with E-state index in [0.717, 1.165) is 12.8 Å². The van der Waals surface area contributed by atoms with Crippen molar-refractivity contribution in [3.63, 3.8) is 0 Å². The molecule has 0 aliphatic carbocycles. The molecule has 0 aromatic heterocycles. The van der Waals surface area contributed by atoms with E-state index in [2.05, 4.69) is 83.7 Å². The fraction of sp³-hybridized carbons (Fsp3) is 0.333. The van der Waals surface area contributed by atoms with Crippen LogP contribution in [0, 0.1) is 0 Å². The second-order valence-electron chi connectivity index (χ2n) is 5.61. The summed E-state index contributed by atoms with van der Waals surface area (Å²) in [5, 5.41) is 0. The fourth-order valence-electron chi connectivity index (χ4n) is 1.68. The SMILES string of the molecule is C=C/C=C(C)/C=C/C=C(C)/C=C/C=C(\C)CCC=C(C)C. The van der Waals surface area contributed by atoms with Crippen LogP contribution in [0.15, 0.2) is 83.6 Å². The van der Waals surface area contributed by atoms with Crippen LogP contribution >= 0.6 is 0 Å². The van der Waals surface area contributed by atoms with E-state index in [-0.39, 0.29) is 0 Å². The minimum Gasteiger partial charge on any atom is -0.0991 e. The molecule has 0 rings (SSSR count). The lowest BCUT2D eigenvalue weighted by Gasteiger charge is -1.96. The van der Waals surface area contributed by atoms with Crippen molar-refractivity contribution in [2.24, 2.45) is 0 Å². The topological polar surface area (TPSA) is 0 Å². The first kappa shape index (κ1) is 19.2. The van der Waals surface area contributed by atoms with Gasteiger partial charge in [-0.25, -0.2) is 0 Å². The predicted octanol–water partition coefficient (Wildman–Crippen LogP) is 6.87. The molecule has 0 N–H and O–H groups in total. The van der Waals surface area contributed by atoms with Gasteiger partial charge in [-0.15, -0.1) is 0 Å². The first-order valence-corrected chi connectivity index (χ1v) is 7.57. The minimum absolute atomic E-state index is 1.13. The van der Waals surface area contributed by atoms with Crippen LogP contribution in [0.2, 0.25) is 0 Å². The van der Waals surface area contributed by atoms with Gasteiger partial charge in [0.1, 0.15) is 0 Å². The lowest BCUT2D eigenvalue weighted by atomic mass is 10.1. The molecule has 0 heterocycles. The van der Waals surface area contributed by atoms with Crippen molar-refractivity contribution in [1.82, 2.24) is 0 Å². The van der Waals surface area contributed by atoms with Crippen molar-refractivity contribution in [3.05, 3.63) is 83.6 Å². The summed E-state index contributed by atoms with van der Waals surface area (Å²) < 4.78 is 0. The molecule has 0 aromatic carbocycles. The monoisotopic (exact) mass is 282 g/mol. The Kier molecular flexibility index (Phi) is 10.9. The largest absolute Gasteiger partial charge is 0.0991 e. The van der Waals surface area contributed by atoms with Gasteiger partial charge in [-0.05, 0) is 47.5 Å². The third-order valence-corrected chi connectivity index (χ3v) is 2.93. The van der Waals surface area contributed by atoms with E-state index in [4.69, 9.17) is 0 Å². The van der Waals surface area contributed by atoms with Crippen molar-refractivity contribution in [3.8, 4) is 0 Å². The van der Waals surface area contributed by atoms with Gasteiger partial charge < -0.3 is 0 Å². The fourth-order valence-corrected chi connectivity index (χ4v) is 1.68. The van der Waals surface area contributed by atoms with Crippen LogP contribution in [0.4, 0.5) is 0 Å². The smallest absolute Gasteiger partial charge is 0.0285 e. The van der Waals surface area contributed by atoms with E-state index < -0.39 is 0 Å². The molecule has 0 spiro atoms. The molecule has 0 heteroatoms. The Morgan fingerprint density at radius 1 is 0.810 bits per heavy atom. The Hall–Kier alpha value is -1.82. The summed E-state index contributed by atoms with van der Waals surface area (Å²) in [4.78, 5) is 0. The maximum absolute atomic E-state index is 3.68. The van der Waals surface area contributed by atoms with E-state index in [9.17, 15) is 0 Å². The molecule has 0 radical (unpaired) electrons. The molecule has 0 saturated carbocycles. The average molecular weight is 282 g/mol. The van der Waals surface area contributed by atoms with E-state index in [1.54, 1.807) is 6.08 Å². The van der Waals surface area contributed by atoms with E-state index in [0.29, 0.717) is 0 Å². The zero-order chi connectivity index (χ0) is 16.1. The zero-order valence-electron chi connectivity index (χ0n) is 14.3. The molecule has 0 bridgehead atoms. The summed E-state index contributed by atoms with van der Waals surface area (Å²) in [6.07, 6.45) is 21.1. The maximum Gasteiger partial charge on any atom is -0.0285 e. The molecule has 0 fully saturated rings. The van der Waals surface area contributed by atoms with Gasteiger partial charge in [0.15, 0.2) is 0 Å². The number of rotatable bonds is 8. The van der Waals surface area contributed by atoms with Crippen molar-refractivity contribution in [2.75, 3.05) is 0 Å². The van der Waals surface area contributed by atoms with Gasteiger partial charge in [0.25, 0.3) is 0 Å². The van der Waals surface area contributed by atoms with Crippen molar-refractivity contribution in [2.45, 2.75) is 47.5 Å². The zero-order valence-corrected chi connectivity index (χ0v) is 14.3. The van der Waals surface area contributed by atoms with Gasteiger partial charge >= 0.3 is 0 Å². The molecule has 0 aromatic rings. The lowest BCUT2D eigenvalue weighted by molar-refractivity contribution is 0.967. The highest BCUT2D eigenvalue weighted by Gasteiger charge is 1.87. The number of hydrogen-bond acceptors (Lipinski definition) is 0. The van der Waals surface area contributed by atoms with E-state index in [1.807, 2.05) is 6.08 Å². The Bertz CT molecular complexity index is 484. The van der Waals surface area contributed by atoms with Crippen LogP contribution in [0.1, 0.15) is 47.5 Å². The van der Waals surface area contributed by atoms with Crippen LogP contribution in [0.5, 0.6) is 0 Å². The highest BCUT2D eigenvalue weighted by Crippen LogP contribution is 2.07. The van der Waals surface area contributed by atoms with Gasteiger partial charge in [0.05, 0.1) is 0 Å². The van der Waals surface area contributed by atoms with Gasteiger partial charge in [0.2, 0.25) is 0 Å². The lowest BCUT2D eigenvalue weighted by Crippen LogP contribution is -1.76. The third kappa shape index (κ3) is 12.9. The molecular formula is C21H30. The van der Waals surface area contributed by atoms with Gasteiger partial charge in [-0.2, -0.15) is 0 Å². The molecule has 0 nitrogen and oxygen atoms in total. The van der Waals surface area contributed by atoms with Crippen LogP contribution in [-0.4, -0.2) is 0 Å². The van der Waals surface area contributed by atoms with Gasteiger partial charge in [0, 0.05) is 0 Å². The van der Waals surface area contributed by atoms with Gasteiger partial charge in [-0.1, -0.05) is 83.6 Å². The van der Waals surface area contributed by atoms with Crippen LogP contribution in [0.25, 0.3) is 0 Å². The molecular weight excluding hydrogens is 252 g/mol. The summed E-state index contributed by atoms with van der Waals surface area (Å²) in [6, 6.07) is 0. The van der Waals surface area contributed by atoms with Crippen molar-refractivity contribution in [1.29, 1.82) is 0 Å². The predicted molar refractivity (Wildman–Crippen MR) is 98.4 cm³/mol. The number of allylic oxidation sites excluding steroid dienone is 13. The van der Waals surface area contributed by atoms with Crippen LogP contribution in [-0.2, 0) is 0 Å². The van der Waals surface area contributed by atoms with Gasteiger partial charge in [-0.3, -0.25) is 0 Å².